The van der Waals surface area contributed by atoms with Crippen molar-refractivity contribution in [1.82, 2.24) is 14.9 Å². The van der Waals surface area contributed by atoms with E-state index in [-0.39, 0.29) is 5.41 Å². The Bertz CT molecular complexity index is 805. The van der Waals surface area contributed by atoms with Crippen molar-refractivity contribution in [3.05, 3.63) is 82.1 Å². The molecule has 0 N–H and O–H groups in total. The number of pyridine rings is 1. The minimum atomic E-state index is 0.0483. The molecule has 1 aliphatic rings. The minimum absolute atomic E-state index is 0.0483. The van der Waals surface area contributed by atoms with Gasteiger partial charge in [-0.15, -0.1) is 11.3 Å². The smallest absolute Gasteiger partial charge is 0.0897 e. The molecule has 128 valence electrons. The molecular weight excluding hydrogens is 326 g/mol. The lowest BCUT2D eigenvalue weighted by atomic mass is 9.70. The van der Waals surface area contributed by atoms with Crippen LogP contribution in [0.4, 0.5) is 0 Å². The van der Waals surface area contributed by atoms with E-state index >= 15 is 0 Å². The largest absolute Gasteiger partial charge is 0.297 e. The zero-order valence-electron chi connectivity index (χ0n) is 14.6. The Morgan fingerprint density at radius 2 is 1.80 bits per heavy atom. The Hall–Kier alpha value is -2.04. The Labute approximate surface area is 153 Å². The number of thiazole rings is 1. The fourth-order valence-corrected chi connectivity index (χ4v) is 4.56. The molecule has 0 unspecified atom stereocenters. The van der Waals surface area contributed by atoms with Crippen LogP contribution < -0.4 is 0 Å². The molecule has 2 aromatic heterocycles. The van der Waals surface area contributed by atoms with Crippen molar-refractivity contribution in [1.29, 1.82) is 0 Å². The van der Waals surface area contributed by atoms with Gasteiger partial charge in [0.15, 0.2) is 0 Å². The van der Waals surface area contributed by atoms with Crippen LogP contribution in [0, 0.1) is 6.92 Å². The molecule has 1 fully saturated rings. The lowest BCUT2D eigenvalue weighted by molar-refractivity contribution is 0.168. The summed E-state index contributed by atoms with van der Waals surface area (Å²) in [6, 6.07) is 17.1. The van der Waals surface area contributed by atoms with Crippen LogP contribution in [0.5, 0.6) is 0 Å². The van der Waals surface area contributed by atoms with Gasteiger partial charge in [0, 0.05) is 23.5 Å². The summed E-state index contributed by atoms with van der Waals surface area (Å²) in [4.78, 5) is 11.9. The SMILES string of the molecule is Cc1nc(C2(c3ccccc3)CCN(Cc3ccccn3)CC2)cs1. The molecule has 0 aliphatic carbocycles. The third-order valence-electron chi connectivity index (χ3n) is 5.26. The first-order valence-electron chi connectivity index (χ1n) is 8.87. The fraction of sp³-hybridized carbons (Fsp3) is 0.333. The maximum absolute atomic E-state index is 4.88. The molecule has 0 saturated carbocycles. The number of hydrogen-bond donors (Lipinski definition) is 0. The predicted octanol–water partition coefficient (Wildman–Crippen LogP) is 4.43. The maximum atomic E-state index is 4.88. The molecule has 4 rings (SSSR count). The highest BCUT2D eigenvalue weighted by atomic mass is 32.1. The Kier molecular flexibility index (Phi) is 4.64. The van der Waals surface area contributed by atoms with Crippen LogP contribution >= 0.6 is 11.3 Å². The molecular formula is C21H23N3S. The normalized spacial score (nSPS) is 17.5. The number of aromatic nitrogens is 2. The standard InChI is InChI=1S/C21H23N3S/c1-17-23-20(16-25-17)21(18-7-3-2-4-8-18)10-13-24(14-11-21)15-19-9-5-6-12-22-19/h2-9,12,16H,10-11,13-15H2,1H3. The lowest BCUT2D eigenvalue weighted by Gasteiger charge is -2.41. The van der Waals surface area contributed by atoms with Crippen LogP contribution in [0.2, 0.25) is 0 Å². The minimum Gasteiger partial charge on any atom is -0.297 e. The summed E-state index contributed by atoms with van der Waals surface area (Å²) in [6.45, 7) is 5.18. The summed E-state index contributed by atoms with van der Waals surface area (Å²) in [7, 11) is 0. The van der Waals surface area contributed by atoms with E-state index in [1.807, 2.05) is 12.3 Å². The summed E-state index contributed by atoms with van der Waals surface area (Å²) in [6.07, 6.45) is 4.09. The van der Waals surface area contributed by atoms with E-state index in [1.54, 1.807) is 11.3 Å². The molecule has 1 saturated heterocycles. The molecule has 3 nitrogen and oxygen atoms in total. The van der Waals surface area contributed by atoms with E-state index < -0.39 is 0 Å². The molecule has 0 atom stereocenters. The molecule has 0 spiro atoms. The van der Waals surface area contributed by atoms with Crippen molar-refractivity contribution in [2.75, 3.05) is 13.1 Å². The quantitative estimate of drug-likeness (QED) is 0.698. The number of nitrogens with zero attached hydrogens (tertiary/aromatic N) is 3. The number of aryl methyl sites for hydroxylation is 1. The average Bonchev–Trinajstić information content (AvgIpc) is 3.11. The highest BCUT2D eigenvalue weighted by Crippen LogP contribution is 2.42. The van der Waals surface area contributed by atoms with Crippen molar-refractivity contribution in [2.24, 2.45) is 0 Å². The van der Waals surface area contributed by atoms with Crippen LogP contribution in [-0.2, 0) is 12.0 Å². The third kappa shape index (κ3) is 3.37. The van der Waals surface area contributed by atoms with Gasteiger partial charge < -0.3 is 0 Å². The first-order chi connectivity index (χ1) is 12.3. The Morgan fingerprint density at radius 1 is 1.04 bits per heavy atom. The van der Waals surface area contributed by atoms with Gasteiger partial charge in [0.2, 0.25) is 0 Å². The van der Waals surface area contributed by atoms with Gasteiger partial charge in [0.05, 0.1) is 16.4 Å². The zero-order valence-corrected chi connectivity index (χ0v) is 15.4. The summed E-state index contributed by atoms with van der Waals surface area (Å²) in [5.41, 5.74) is 3.85. The van der Waals surface area contributed by atoms with E-state index in [0.29, 0.717) is 0 Å². The molecule has 3 aromatic rings. The predicted molar refractivity (Wildman–Crippen MR) is 103 cm³/mol. The van der Waals surface area contributed by atoms with E-state index in [2.05, 4.69) is 64.7 Å². The first kappa shape index (κ1) is 16.4. The molecule has 1 aromatic carbocycles. The van der Waals surface area contributed by atoms with Crippen LogP contribution in [0.15, 0.2) is 60.1 Å². The molecule has 0 radical (unpaired) electrons. The molecule has 0 bridgehead atoms. The van der Waals surface area contributed by atoms with E-state index in [0.717, 1.165) is 43.2 Å². The zero-order chi connectivity index (χ0) is 17.1. The molecule has 25 heavy (non-hydrogen) atoms. The van der Waals surface area contributed by atoms with Gasteiger partial charge in [-0.3, -0.25) is 9.88 Å². The lowest BCUT2D eigenvalue weighted by Crippen LogP contribution is -2.43. The summed E-state index contributed by atoms with van der Waals surface area (Å²) >= 11 is 1.76. The second-order valence-electron chi connectivity index (χ2n) is 6.80. The highest BCUT2D eigenvalue weighted by molar-refractivity contribution is 7.09. The van der Waals surface area contributed by atoms with E-state index in [9.17, 15) is 0 Å². The summed E-state index contributed by atoms with van der Waals surface area (Å²) in [5, 5.41) is 3.41. The highest BCUT2D eigenvalue weighted by Gasteiger charge is 2.39. The number of benzene rings is 1. The molecule has 4 heteroatoms. The van der Waals surface area contributed by atoms with Gasteiger partial charge in [-0.25, -0.2) is 4.98 Å². The van der Waals surface area contributed by atoms with Gasteiger partial charge in [0.1, 0.15) is 0 Å². The molecule has 1 aliphatic heterocycles. The molecule has 0 amide bonds. The Morgan fingerprint density at radius 3 is 2.44 bits per heavy atom. The van der Waals surface area contributed by atoms with Crippen molar-refractivity contribution in [2.45, 2.75) is 31.7 Å². The maximum Gasteiger partial charge on any atom is 0.0897 e. The van der Waals surface area contributed by atoms with Gasteiger partial charge in [0.25, 0.3) is 0 Å². The number of likely N-dealkylation sites (tertiary alicyclic amines) is 1. The second-order valence-corrected chi connectivity index (χ2v) is 7.86. The monoisotopic (exact) mass is 349 g/mol. The first-order valence-corrected chi connectivity index (χ1v) is 9.75. The Balaban J connectivity index is 1.58. The van der Waals surface area contributed by atoms with E-state index in [4.69, 9.17) is 4.98 Å². The van der Waals surface area contributed by atoms with Gasteiger partial charge >= 0.3 is 0 Å². The topological polar surface area (TPSA) is 29.0 Å². The number of piperidine rings is 1. The van der Waals surface area contributed by atoms with E-state index in [1.165, 1.54) is 11.3 Å². The third-order valence-corrected chi connectivity index (χ3v) is 6.03. The van der Waals surface area contributed by atoms with Crippen molar-refractivity contribution >= 4 is 11.3 Å². The number of hydrogen-bond acceptors (Lipinski definition) is 4. The summed E-state index contributed by atoms with van der Waals surface area (Å²) < 4.78 is 0. The average molecular weight is 350 g/mol. The van der Waals surface area contributed by atoms with Crippen LogP contribution in [0.25, 0.3) is 0 Å². The van der Waals surface area contributed by atoms with Gasteiger partial charge in [-0.05, 0) is 50.6 Å². The van der Waals surface area contributed by atoms with Crippen molar-refractivity contribution in [3.8, 4) is 0 Å². The fourth-order valence-electron chi connectivity index (χ4n) is 3.85. The van der Waals surface area contributed by atoms with Crippen LogP contribution in [0.1, 0.15) is 34.8 Å². The van der Waals surface area contributed by atoms with Crippen LogP contribution in [-0.4, -0.2) is 28.0 Å². The second kappa shape index (κ2) is 7.06. The van der Waals surface area contributed by atoms with Crippen molar-refractivity contribution in [3.63, 3.8) is 0 Å². The summed E-state index contributed by atoms with van der Waals surface area (Å²) in [5.74, 6) is 0. The van der Waals surface area contributed by atoms with Crippen molar-refractivity contribution < 1.29 is 0 Å². The van der Waals surface area contributed by atoms with Gasteiger partial charge in [-0.2, -0.15) is 0 Å². The number of rotatable bonds is 4. The van der Waals surface area contributed by atoms with Crippen LogP contribution in [0.3, 0.4) is 0 Å². The van der Waals surface area contributed by atoms with Gasteiger partial charge in [-0.1, -0.05) is 36.4 Å². The molecule has 3 heterocycles.